The first-order chi connectivity index (χ1) is 12.5. The first-order valence-electron chi connectivity index (χ1n) is 9.32. The maximum atomic E-state index is 12.9. The average Bonchev–Trinajstić information content (AvgIpc) is 2.70. The summed E-state index contributed by atoms with van der Waals surface area (Å²) in [4.78, 5) is 24.4. The second-order valence-electron chi connectivity index (χ2n) is 7.81. The number of rotatable bonds is 4. The van der Waals surface area contributed by atoms with Crippen LogP contribution in [-0.2, 0) is 9.59 Å². The van der Waals surface area contributed by atoms with E-state index >= 15 is 0 Å². The summed E-state index contributed by atoms with van der Waals surface area (Å²) in [6, 6.07) is 3.70. The normalized spacial score (nSPS) is 30.5. The van der Waals surface area contributed by atoms with E-state index < -0.39 is 16.8 Å². The molecule has 0 radical (unpaired) electrons. The number of amides is 1. The molecule has 0 saturated heterocycles. The zero-order chi connectivity index (χ0) is 18.2. The summed E-state index contributed by atoms with van der Waals surface area (Å²) in [7, 11) is 0. The van der Waals surface area contributed by atoms with E-state index in [4.69, 9.17) is 0 Å². The number of nitrogens with zero attached hydrogens (tertiary/aromatic N) is 2. The third-order valence-electron chi connectivity index (χ3n) is 6.48. The van der Waals surface area contributed by atoms with Gasteiger partial charge in [0.25, 0.3) is 0 Å². The number of nitrogens with one attached hydrogen (secondary N) is 2. The van der Waals surface area contributed by atoms with Crippen LogP contribution in [0.25, 0.3) is 5.57 Å². The molecule has 138 valence electrons. The summed E-state index contributed by atoms with van der Waals surface area (Å²) >= 11 is 0. The molecule has 7 nitrogen and oxygen atoms in total. The Balaban J connectivity index is 1.42. The lowest BCUT2D eigenvalue weighted by molar-refractivity contribution is -0.162. The summed E-state index contributed by atoms with van der Waals surface area (Å²) in [6.07, 6.45) is 6.70. The molecule has 2 heterocycles. The first-order valence-corrected chi connectivity index (χ1v) is 9.32. The van der Waals surface area contributed by atoms with Gasteiger partial charge in [-0.25, -0.2) is 0 Å². The largest absolute Gasteiger partial charge is 0.481 e. The molecule has 0 atom stereocenters. The highest BCUT2D eigenvalue weighted by molar-refractivity contribution is 5.95. The first kappa shape index (κ1) is 17.1. The molecular formula is C19H24N4O3. The van der Waals surface area contributed by atoms with Gasteiger partial charge in [-0.1, -0.05) is 6.08 Å². The Bertz CT molecular complexity index is 732. The summed E-state index contributed by atoms with van der Waals surface area (Å²) < 4.78 is 0. The lowest BCUT2D eigenvalue weighted by Gasteiger charge is -2.50. The van der Waals surface area contributed by atoms with Crippen LogP contribution in [0.2, 0.25) is 0 Å². The van der Waals surface area contributed by atoms with Gasteiger partial charge in [0.15, 0.2) is 5.82 Å². The molecule has 26 heavy (non-hydrogen) atoms. The van der Waals surface area contributed by atoms with Crippen LogP contribution in [0.4, 0.5) is 5.82 Å². The number of anilines is 1. The van der Waals surface area contributed by atoms with Gasteiger partial charge in [0.2, 0.25) is 5.91 Å². The van der Waals surface area contributed by atoms with Crippen molar-refractivity contribution in [2.24, 2.45) is 10.8 Å². The van der Waals surface area contributed by atoms with E-state index in [0.717, 1.165) is 25.2 Å². The fourth-order valence-electron chi connectivity index (χ4n) is 4.52. The number of aromatic nitrogens is 2. The van der Waals surface area contributed by atoms with Crippen molar-refractivity contribution in [3.05, 3.63) is 23.9 Å². The zero-order valence-corrected chi connectivity index (χ0v) is 14.8. The molecule has 0 aromatic carbocycles. The van der Waals surface area contributed by atoms with Crippen molar-refractivity contribution in [1.82, 2.24) is 15.5 Å². The van der Waals surface area contributed by atoms with Gasteiger partial charge in [-0.2, -0.15) is 0 Å². The highest BCUT2D eigenvalue weighted by Crippen LogP contribution is 2.57. The van der Waals surface area contributed by atoms with E-state index in [9.17, 15) is 14.7 Å². The Kier molecular flexibility index (Phi) is 4.26. The molecule has 3 fully saturated rings. The summed E-state index contributed by atoms with van der Waals surface area (Å²) in [6.45, 7) is 1.78. The number of carboxylic acids is 1. The summed E-state index contributed by atoms with van der Waals surface area (Å²) in [5, 5.41) is 24.1. The minimum atomic E-state index is -0.708. The number of fused-ring (bicyclic) bond motifs is 3. The topological polar surface area (TPSA) is 104 Å². The Morgan fingerprint density at radius 2 is 1.73 bits per heavy atom. The Labute approximate surface area is 152 Å². The maximum Gasteiger partial charge on any atom is 0.309 e. The van der Waals surface area contributed by atoms with Crippen molar-refractivity contribution in [3.8, 4) is 0 Å². The van der Waals surface area contributed by atoms with Crippen LogP contribution in [0, 0.1) is 10.8 Å². The van der Waals surface area contributed by atoms with Crippen LogP contribution in [-0.4, -0.2) is 40.3 Å². The van der Waals surface area contributed by atoms with Crippen LogP contribution in [0.5, 0.6) is 0 Å². The second-order valence-corrected chi connectivity index (χ2v) is 7.81. The highest BCUT2D eigenvalue weighted by Gasteiger charge is 2.55. The third kappa shape index (κ3) is 2.90. The quantitative estimate of drug-likeness (QED) is 0.764. The van der Waals surface area contributed by atoms with Crippen molar-refractivity contribution in [1.29, 1.82) is 0 Å². The van der Waals surface area contributed by atoms with Gasteiger partial charge >= 0.3 is 5.97 Å². The standard InChI is InChI=1S/C19H24N4O3/c24-16(18-5-8-19(9-6-18,10-7-18)17(25)26)21-15-2-1-14(22-23-15)13-3-11-20-12-4-13/h1-3,20H,4-12H2,(H,25,26)(H,21,23,24). The molecule has 3 N–H and O–H groups in total. The molecule has 1 aromatic heterocycles. The van der Waals surface area contributed by atoms with Crippen LogP contribution < -0.4 is 10.6 Å². The van der Waals surface area contributed by atoms with Crippen LogP contribution in [0.15, 0.2) is 18.2 Å². The monoisotopic (exact) mass is 356 g/mol. The number of carbonyl (C=O) groups excluding carboxylic acids is 1. The van der Waals surface area contributed by atoms with Gasteiger partial charge in [-0.15, -0.1) is 10.2 Å². The van der Waals surface area contributed by atoms with Crippen molar-refractivity contribution in [3.63, 3.8) is 0 Å². The number of carboxylic acid groups (broad SMARTS) is 1. The fraction of sp³-hybridized carbons (Fsp3) is 0.579. The van der Waals surface area contributed by atoms with E-state index in [-0.39, 0.29) is 5.91 Å². The van der Waals surface area contributed by atoms with E-state index in [2.05, 4.69) is 26.9 Å². The molecule has 4 aliphatic rings. The van der Waals surface area contributed by atoms with Gasteiger partial charge in [-0.3, -0.25) is 9.59 Å². The SMILES string of the molecule is O=C(O)C12CCC(C(=O)Nc3ccc(C4=CCNCC4)nn3)(CC1)CC2. The minimum absolute atomic E-state index is 0.0423. The van der Waals surface area contributed by atoms with E-state index in [0.29, 0.717) is 44.3 Å². The van der Waals surface area contributed by atoms with E-state index in [1.54, 1.807) is 6.07 Å². The molecule has 3 aliphatic carbocycles. The van der Waals surface area contributed by atoms with Gasteiger partial charge < -0.3 is 15.7 Å². The lowest BCUT2D eigenvalue weighted by atomic mass is 9.53. The average molecular weight is 356 g/mol. The molecule has 7 heteroatoms. The molecule has 2 bridgehead atoms. The number of aliphatic carboxylic acids is 1. The predicted octanol–water partition coefficient (Wildman–Crippen LogP) is 2.22. The van der Waals surface area contributed by atoms with E-state index in [1.165, 1.54) is 5.57 Å². The Morgan fingerprint density at radius 1 is 1.04 bits per heavy atom. The highest BCUT2D eigenvalue weighted by atomic mass is 16.4. The van der Waals surface area contributed by atoms with Gasteiger partial charge in [0, 0.05) is 12.0 Å². The summed E-state index contributed by atoms with van der Waals surface area (Å²) in [5.41, 5.74) is 0.975. The lowest BCUT2D eigenvalue weighted by Crippen LogP contribution is -2.50. The Hall–Kier alpha value is -2.28. The van der Waals surface area contributed by atoms with Crippen LogP contribution in [0.1, 0.15) is 50.6 Å². The zero-order valence-electron chi connectivity index (χ0n) is 14.8. The predicted molar refractivity (Wildman–Crippen MR) is 96.3 cm³/mol. The van der Waals surface area contributed by atoms with Gasteiger partial charge in [0.05, 0.1) is 11.1 Å². The third-order valence-corrected chi connectivity index (χ3v) is 6.48. The Morgan fingerprint density at radius 3 is 2.27 bits per heavy atom. The molecule has 1 amide bonds. The van der Waals surface area contributed by atoms with Gasteiger partial charge in [0.1, 0.15) is 0 Å². The van der Waals surface area contributed by atoms with E-state index in [1.807, 2.05) is 6.07 Å². The maximum absolute atomic E-state index is 12.9. The van der Waals surface area contributed by atoms with Crippen molar-refractivity contribution < 1.29 is 14.7 Å². The smallest absolute Gasteiger partial charge is 0.309 e. The molecule has 0 spiro atoms. The van der Waals surface area contributed by atoms with Crippen molar-refractivity contribution in [2.45, 2.75) is 44.9 Å². The molecule has 1 aromatic rings. The van der Waals surface area contributed by atoms with Crippen molar-refractivity contribution >= 4 is 23.3 Å². The molecule has 1 aliphatic heterocycles. The fourth-order valence-corrected chi connectivity index (χ4v) is 4.52. The molecular weight excluding hydrogens is 332 g/mol. The molecule has 0 unspecified atom stereocenters. The number of hydrogen-bond donors (Lipinski definition) is 3. The summed E-state index contributed by atoms with van der Waals surface area (Å²) in [5.74, 6) is -0.289. The molecule has 3 saturated carbocycles. The minimum Gasteiger partial charge on any atom is -0.481 e. The second kappa shape index (κ2) is 6.46. The molecule has 5 rings (SSSR count). The van der Waals surface area contributed by atoms with Crippen LogP contribution >= 0.6 is 0 Å². The number of hydrogen-bond acceptors (Lipinski definition) is 5. The van der Waals surface area contributed by atoms with Gasteiger partial charge in [-0.05, 0) is 69.2 Å². The van der Waals surface area contributed by atoms with Crippen LogP contribution in [0.3, 0.4) is 0 Å². The number of carbonyl (C=O) groups is 2. The van der Waals surface area contributed by atoms with Crippen molar-refractivity contribution in [2.75, 3.05) is 18.4 Å².